The summed E-state index contributed by atoms with van der Waals surface area (Å²) in [5.41, 5.74) is 2.12. The number of piperidine rings is 2. The van der Waals surface area contributed by atoms with Crippen molar-refractivity contribution in [2.45, 2.75) is 63.6 Å². The minimum absolute atomic E-state index is 0.0987. The number of imidazole rings is 1. The molecular weight excluding hydrogens is 717 g/mol. The lowest BCUT2D eigenvalue weighted by Crippen LogP contribution is -2.51. The standard InChI is InChI=1S/C39H43F3N8O5/c1-24(2)55-32-20-34-44-30(21-50(34)22-31(32)45-38(54)29-4-3-5-33(43-29)39(40,41)42)26-12-14-49(15-13-26)36(52)23-47-16-18-48(19-17-47)27-8-6-25(7-9-27)28-10-11-35(51)46-37(28)53/h3-9,20-22,24,26,28H,10-19,23H2,1-2H3,(H,45,54)(H,46,51,53). The predicted octanol–water partition coefficient (Wildman–Crippen LogP) is 4.84. The zero-order chi connectivity index (χ0) is 38.9. The number of carbonyl (C=O) groups excluding carboxylic acids is 4. The van der Waals surface area contributed by atoms with Crippen LogP contribution in [0.2, 0.25) is 0 Å². The first-order chi connectivity index (χ1) is 26.3. The second-order valence-electron chi connectivity index (χ2n) is 14.5. The summed E-state index contributed by atoms with van der Waals surface area (Å²) in [4.78, 5) is 64.8. The van der Waals surface area contributed by atoms with Crippen LogP contribution in [0.25, 0.3) is 5.65 Å². The summed E-state index contributed by atoms with van der Waals surface area (Å²) >= 11 is 0. The largest absolute Gasteiger partial charge is 0.489 e. The lowest BCUT2D eigenvalue weighted by Gasteiger charge is -2.38. The molecule has 0 spiro atoms. The lowest BCUT2D eigenvalue weighted by atomic mass is 9.90. The summed E-state index contributed by atoms with van der Waals surface area (Å²) in [6, 6.07) is 12.8. The van der Waals surface area contributed by atoms with Crippen LogP contribution in [0, 0.1) is 0 Å². The number of amides is 4. The number of benzene rings is 1. The van der Waals surface area contributed by atoms with Crippen molar-refractivity contribution >= 4 is 40.7 Å². The Morgan fingerprint density at radius 1 is 0.945 bits per heavy atom. The van der Waals surface area contributed by atoms with Crippen molar-refractivity contribution in [2.75, 3.05) is 56.0 Å². The van der Waals surface area contributed by atoms with Gasteiger partial charge in [-0.05, 0) is 62.9 Å². The molecule has 0 bridgehead atoms. The van der Waals surface area contributed by atoms with Gasteiger partial charge < -0.3 is 24.3 Å². The number of alkyl halides is 3. The Morgan fingerprint density at radius 2 is 1.67 bits per heavy atom. The Morgan fingerprint density at radius 3 is 2.35 bits per heavy atom. The van der Waals surface area contributed by atoms with E-state index >= 15 is 0 Å². The van der Waals surface area contributed by atoms with Crippen LogP contribution >= 0.6 is 0 Å². The van der Waals surface area contributed by atoms with Crippen LogP contribution in [0.15, 0.2) is 60.9 Å². The van der Waals surface area contributed by atoms with E-state index in [1.165, 1.54) is 6.07 Å². The Balaban J connectivity index is 0.921. The van der Waals surface area contributed by atoms with Crippen molar-refractivity contribution in [1.29, 1.82) is 0 Å². The molecule has 4 aromatic rings. The van der Waals surface area contributed by atoms with Gasteiger partial charge in [-0.15, -0.1) is 0 Å². The number of nitrogens with one attached hydrogen (secondary N) is 2. The third kappa shape index (κ3) is 8.74. The van der Waals surface area contributed by atoms with Gasteiger partial charge in [0.15, 0.2) is 0 Å². The molecular formula is C39H43F3N8O5. The van der Waals surface area contributed by atoms with Crippen LogP contribution in [-0.2, 0) is 20.6 Å². The minimum Gasteiger partial charge on any atom is -0.489 e. The maximum Gasteiger partial charge on any atom is 0.433 e. The van der Waals surface area contributed by atoms with Crippen molar-refractivity contribution in [1.82, 2.24) is 29.5 Å². The van der Waals surface area contributed by atoms with Crippen molar-refractivity contribution in [3.63, 3.8) is 0 Å². The lowest BCUT2D eigenvalue weighted by molar-refractivity contribution is -0.141. The monoisotopic (exact) mass is 760 g/mol. The molecule has 13 nitrogen and oxygen atoms in total. The molecule has 6 heterocycles. The normalized spacial score (nSPS) is 18.8. The van der Waals surface area contributed by atoms with E-state index < -0.39 is 17.8 Å². The molecule has 55 heavy (non-hydrogen) atoms. The Bertz CT molecular complexity index is 2070. The van der Waals surface area contributed by atoms with Crippen LogP contribution in [0.3, 0.4) is 0 Å². The maximum absolute atomic E-state index is 13.3. The van der Waals surface area contributed by atoms with Crippen molar-refractivity contribution in [3.8, 4) is 5.75 Å². The van der Waals surface area contributed by atoms with E-state index in [1.807, 2.05) is 49.2 Å². The fraction of sp³-hybridized carbons (Fsp3) is 0.436. The Hall–Kier alpha value is -5.51. The first-order valence-electron chi connectivity index (χ1n) is 18.5. The SMILES string of the molecule is CC(C)Oc1cc2nc(C3CCN(C(=O)CN4CCN(c5ccc(C6CCC(=O)NC6=O)cc5)CC4)CC3)cn2cc1NC(=O)c1cccc(C(F)(F)F)n1. The van der Waals surface area contributed by atoms with E-state index in [0.29, 0.717) is 43.9 Å². The second-order valence-corrected chi connectivity index (χ2v) is 14.5. The first kappa shape index (κ1) is 37.8. The van der Waals surface area contributed by atoms with Crippen molar-refractivity contribution in [3.05, 3.63) is 83.6 Å². The summed E-state index contributed by atoms with van der Waals surface area (Å²) in [6.07, 6.45) is 0.893. The average Bonchev–Trinajstić information content (AvgIpc) is 3.58. The van der Waals surface area contributed by atoms with Crippen molar-refractivity contribution in [2.24, 2.45) is 0 Å². The molecule has 3 aliphatic heterocycles. The number of fused-ring (bicyclic) bond motifs is 1. The molecule has 3 aliphatic rings. The molecule has 1 atom stereocenters. The quantitative estimate of drug-likeness (QED) is 0.230. The number of ether oxygens (including phenoxy) is 1. The van der Waals surface area contributed by atoms with Crippen LogP contribution < -0.4 is 20.3 Å². The van der Waals surface area contributed by atoms with E-state index in [9.17, 15) is 32.3 Å². The number of carbonyl (C=O) groups is 4. The van der Waals surface area contributed by atoms with Crippen LogP contribution in [0.5, 0.6) is 5.75 Å². The molecule has 290 valence electrons. The molecule has 16 heteroatoms. The van der Waals surface area contributed by atoms with Gasteiger partial charge in [-0.3, -0.25) is 29.4 Å². The van der Waals surface area contributed by atoms with Gasteiger partial charge in [0.05, 0.1) is 24.3 Å². The van der Waals surface area contributed by atoms with Crippen LogP contribution in [0.1, 0.15) is 78.8 Å². The van der Waals surface area contributed by atoms with Gasteiger partial charge in [-0.25, -0.2) is 9.97 Å². The predicted molar refractivity (Wildman–Crippen MR) is 197 cm³/mol. The molecule has 3 aromatic heterocycles. The minimum atomic E-state index is -4.69. The van der Waals surface area contributed by atoms with E-state index in [1.54, 1.807) is 16.7 Å². The highest BCUT2D eigenvalue weighted by Gasteiger charge is 2.33. The highest BCUT2D eigenvalue weighted by Crippen LogP contribution is 2.33. The Labute approximate surface area is 315 Å². The van der Waals surface area contributed by atoms with Gasteiger partial charge >= 0.3 is 6.18 Å². The molecule has 3 saturated heterocycles. The van der Waals surface area contributed by atoms with E-state index in [4.69, 9.17) is 9.72 Å². The highest BCUT2D eigenvalue weighted by atomic mass is 19.4. The first-order valence-corrected chi connectivity index (χ1v) is 18.5. The molecule has 4 amide bonds. The molecule has 0 aliphatic carbocycles. The number of imide groups is 1. The van der Waals surface area contributed by atoms with Gasteiger partial charge in [0.1, 0.15) is 28.5 Å². The number of hydrogen-bond acceptors (Lipinski definition) is 9. The third-order valence-electron chi connectivity index (χ3n) is 10.4. The van der Waals surface area contributed by atoms with Gasteiger partial charge in [0.25, 0.3) is 5.91 Å². The highest BCUT2D eigenvalue weighted by molar-refractivity contribution is 6.04. The Kier molecular flexibility index (Phi) is 10.8. The second kappa shape index (κ2) is 15.7. The number of rotatable bonds is 9. The van der Waals surface area contributed by atoms with Gasteiger partial charge in [-0.2, -0.15) is 13.2 Å². The van der Waals surface area contributed by atoms with Crippen LogP contribution in [0.4, 0.5) is 24.5 Å². The zero-order valence-corrected chi connectivity index (χ0v) is 30.6. The molecule has 3 fully saturated rings. The molecule has 0 radical (unpaired) electrons. The van der Waals surface area contributed by atoms with E-state index in [2.05, 4.69) is 25.4 Å². The van der Waals surface area contributed by atoms with Crippen LogP contribution in [-0.4, -0.2) is 99.7 Å². The maximum atomic E-state index is 13.3. The van der Waals surface area contributed by atoms with Crippen molar-refractivity contribution < 1.29 is 37.1 Å². The van der Waals surface area contributed by atoms with E-state index in [-0.39, 0.29) is 47.0 Å². The molecule has 1 unspecified atom stereocenters. The zero-order valence-electron chi connectivity index (χ0n) is 30.6. The number of pyridine rings is 2. The summed E-state index contributed by atoms with van der Waals surface area (Å²) in [5, 5.41) is 5.07. The number of likely N-dealkylation sites (tertiary alicyclic amines) is 1. The third-order valence-corrected chi connectivity index (χ3v) is 10.4. The molecule has 0 saturated carbocycles. The fourth-order valence-electron chi connectivity index (χ4n) is 7.39. The number of anilines is 2. The molecule has 7 rings (SSSR count). The number of hydrogen-bond donors (Lipinski definition) is 2. The fourth-order valence-corrected chi connectivity index (χ4v) is 7.39. The summed E-state index contributed by atoms with van der Waals surface area (Å²) < 4.78 is 47.3. The van der Waals surface area contributed by atoms with E-state index in [0.717, 1.165) is 68.1 Å². The summed E-state index contributed by atoms with van der Waals surface area (Å²) in [7, 11) is 0. The number of aromatic nitrogens is 3. The number of piperazine rings is 1. The van der Waals surface area contributed by atoms with Gasteiger partial charge in [0, 0.05) is 75.8 Å². The molecule has 1 aromatic carbocycles. The number of nitrogens with zero attached hydrogens (tertiary/aromatic N) is 6. The summed E-state index contributed by atoms with van der Waals surface area (Å²) in [6.45, 7) is 8.25. The average molecular weight is 761 g/mol. The van der Waals surface area contributed by atoms with Gasteiger partial charge in [-0.1, -0.05) is 18.2 Å². The smallest absolute Gasteiger partial charge is 0.433 e. The summed E-state index contributed by atoms with van der Waals surface area (Å²) in [5.74, 6) is -1.06. The van der Waals surface area contributed by atoms with Gasteiger partial charge in [0.2, 0.25) is 17.7 Å². The topological polar surface area (TPSA) is 141 Å². The molecule has 2 N–H and O–H groups in total. The number of halogens is 3.